The molecular formula is C16H20BrN5O. The van der Waals surface area contributed by atoms with Crippen molar-refractivity contribution in [3.8, 4) is 0 Å². The number of nitrogens with zero attached hydrogens (tertiary/aromatic N) is 3. The Kier molecular flexibility index (Phi) is 6.46. The van der Waals surface area contributed by atoms with Crippen molar-refractivity contribution >= 4 is 27.8 Å². The minimum absolute atomic E-state index is 0.109. The second kappa shape index (κ2) is 8.57. The number of benzene rings is 1. The molecule has 1 aromatic heterocycles. The normalized spacial score (nSPS) is 10.4. The van der Waals surface area contributed by atoms with Crippen LogP contribution in [-0.4, -0.2) is 34.2 Å². The van der Waals surface area contributed by atoms with E-state index in [4.69, 9.17) is 0 Å². The third-order valence-corrected chi connectivity index (χ3v) is 3.78. The lowest BCUT2D eigenvalue weighted by Crippen LogP contribution is -2.29. The van der Waals surface area contributed by atoms with Crippen molar-refractivity contribution in [2.45, 2.75) is 26.7 Å². The third-order valence-electron chi connectivity index (χ3n) is 3.29. The first-order valence-electron chi connectivity index (χ1n) is 7.64. The summed E-state index contributed by atoms with van der Waals surface area (Å²) in [7, 11) is 0. The lowest BCUT2D eigenvalue weighted by molar-refractivity contribution is 0.0955. The van der Waals surface area contributed by atoms with Gasteiger partial charge >= 0.3 is 0 Å². The fraction of sp³-hybridized carbons (Fsp3) is 0.375. The van der Waals surface area contributed by atoms with E-state index in [0.717, 1.165) is 28.7 Å². The van der Waals surface area contributed by atoms with E-state index in [1.54, 1.807) is 12.1 Å². The topological polar surface area (TPSA) is 79.8 Å². The molecule has 1 heterocycles. The first kappa shape index (κ1) is 17.3. The maximum atomic E-state index is 12.0. The highest BCUT2D eigenvalue weighted by Gasteiger charge is 2.07. The van der Waals surface area contributed by atoms with E-state index in [9.17, 15) is 4.79 Å². The van der Waals surface area contributed by atoms with Crippen LogP contribution in [0.5, 0.6) is 0 Å². The summed E-state index contributed by atoms with van der Waals surface area (Å²) in [6, 6.07) is 7.27. The van der Waals surface area contributed by atoms with Gasteiger partial charge in [0.1, 0.15) is 0 Å². The second-order valence-electron chi connectivity index (χ2n) is 4.93. The molecule has 6 nitrogen and oxygen atoms in total. The Morgan fingerprint density at radius 1 is 1.13 bits per heavy atom. The predicted molar refractivity (Wildman–Crippen MR) is 93.5 cm³/mol. The zero-order valence-electron chi connectivity index (χ0n) is 13.3. The molecule has 0 saturated heterocycles. The highest BCUT2D eigenvalue weighted by atomic mass is 79.9. The Morgan fingerprint density at radius 3 is 2.61 bits per heavy atom. The molecule has 0 atom stereocenters. The number of halogens is 1. The van der Waals surface area contributed by atoms with Crippen LogP contribution in [0, 0.1) is 0 Å². The Labute approximate surface area is 144 Å². The molecule has 7 heteroatoms. The number of aromatic nitrogens is 3. The van der Waals surface area contributed by atoms with Gasteiger partial charge in [-0.15, -0.1) is 5.10 Å². The van der Waals surface area contributed by atoms with Gasteiger partial charge in [0.15, 0.2) is 0 Å². The van der Waals surface area contributed by atoms with Gasteiger partial charge in [0.05, 0.1) is 11.4 Å². The molecule has 122 valence electrons. The van der Waals surface area contributed by atoms with Crippen LogP contribution in [0.3, 0.4) is 0 Å². The molecule has 0 aliphatic heterocycles. The van der Waals surface area contributed by atoms with Gasteiger partial charge in [0.25, 0.3) is 5.91 Å². The van der Waals surface area contributed by atoms with Crippen LogP contribution in [0.1, 0.15) is 35.6 Å². The summed E-state index contributed by atoms with van der Waals surface area (Å²) in [6.45, 7) is 5.10. The zero-order valence-corrected chi connectivity index (χ0v) is 14.9. The smallest absolute Gasteiger partial charge is 0.251 e. The van der Waals surface area contributed by atoms with E-state index >= 15 is 0 Å². The molecule has 0 bridgehead atoms. The van der Waals surface area contributed by atoms with Crippen LogP contribution in [0.2, 0.25) is 0 Å². The molecule has 2 rings (SSSR count). The highest BCUT2D eigenvalue weighted by Crippen LogP contribution is 2.11. The molecule has 0 aliphatic carbocycles. The average molecular weight is 378 g/mol. The summed E-state index contributed by atoms with van der Waals surface area (Å²) in [5, 5.41) is 14.2. The van der Waals surface area contributed by atoms with Crippen molar-refractivity contribution in [1.29, 1.82) is 0 Å². The van der Waals surface area contributed by atoms with Crippen molar-refractivity contribution in [3.05, 3.63) is 45.7 Å². The van der Waals surface area contributed by atoms with Gasteiger partial charge in [-0.2, -0.15) is 5.10 Å². The van der Waals surface area contributed by atoms with E-state index in [0.29, 0.717) is 24.6 Å². The number of hydrogen-bond donors (Lipinski definition) is 2. The van der Waals surface area contributed by atoms with E-state index in [1.807, 2.05) is 26.0 Å². The second-order valence-corrected chi connectivity index (χ2v) is 5.84. The molecule has 0 unspecified atom stereocenters. The van der Waals surface area contributed by atoms with Crippen molar-refractivity contribution in [3.63, 3.8) is 0 Å². The number of nitrogens with one attached hydrogen (secondary N) is 2. The van der Waals surface area contributed by atoms with Gasteiger partial charge in [-0.1, -0.05) is 35.8 Å². The Bertz CT molecular complexity index is 677. The van der Waals surface area contributed by atoms with E-state index < -0.39 is 0 Å². The first-order valence-corrected chi connectivity index (χ1v) is 8.43. The van der Waals surface area contributed by atoms with Crippen LogP contribution < -0.4 is 10.6 Å². The van der Waals surface area contributed by atoms with Crippen molar-refractivity contribution in [1.82, 2.24) is 20.5 Å². The van der Waals surface area contributed by atoms with Crippen molar-refractivity contribution in [2.24, 2.45) is 0 Å². The summed E-state index contributed by atoms with van der Waals surface area (Å²) in [6.07, 6.45) is 1.65. The molecule has 0 radical (unpaired) electrons. The highest BCUT2D eigenvalue weighted by molar-refractivity contribution is 9.10. The van der Waals surface area contributed by atoms with Gasteiger partial charge < -0.3 is 10.6 Å². The van der Waals surface area contributed by atoms with Gasteiger partial charge in [-0.25, -0.2) is 4.98 Å². The number of rotatable bonds is 7. The molecule has 0 fully saturated rings. The molecule has 0 saturated carbocycles. The largest absolute Gasteiger partial charge is 0.351 e. The van der Waals surface area contributed by atoms with Gasteiger partial charge in [0.2, 0.25) is 5.95 Å². The van der Waals surface area contributed by atoms with E-state index in [1.165, 1.54) is 0 Å². The molecule has 0 aliphatic rings. The van der Waals surface area contributed by atoms with E-state index in [2.05, 4.69) is 41.7 Å². The van der Waals surface area contributed by atoms with Crippen molar-refractivity contribution in [2.75, 3.05) is 18.4 Å². The van der Waals surface area contributed by atoms with Crippen molar-refractivity contribution < 1.29 is 4.79 Å². The quantitative estimate of drug-likeness (QED) is 0.724. The maximum absolute atomic E-state index is 12.0. The van der Waals surface area contributed by atoms with E-state index in [-0.39, 0.29) is 5.91 Å². The number of aryl methyl sites for hydroxylation is 2. The minimum Gasteiger partial charge on any atom is -0.351 e. The van der Waals surface area contributed by atoms with Crippen LogP contribution in [0.15, 0.2) is 28.7 Å². The fourth-order valence-electron chi connectivity index (χ4n) is 2.10. The van der Waals surface area contributed by atoms with Gasteiger partial charge in [-0.3, -0.25) is 4.79 Å². The molecular weight excluding hydrogens is 358 g/mol. The Morgan fingerprint density at radius 2 is 1.91 bits per heavy atom. The summed E-state index contributed by atoms with van der Waals surface area (Å²) in [5.41, 5.74) is 2.52. The molecule has 1 amide bonds. The lowest BCUT2D eigenvalue weighted by Gasteiger charge is -2.09. The summed E-state index contributed by atoms with van der Waals surface area (Å²) in [5.74, 6) is 0.387. The van der Waals surface area contributed by atoms with Crippen LogP contribution in [0.4, 0.5) is 5.95 Å². The number of hydrogen-bond acceptors (Lipinski definition) is 5. The summed E-state index contributed by atoms with van der Waals surface area (Å²) in [4.78, 5) is 16.4. The molecule has 0 spiro atoms. The number of carbonyl (C=O) groups is 1. The maximum Gasteiger partial charge on any atom is 0.251 e. The zero-order chi connectivity index (χ0) is 16.7. The SMILES string of the molecule is CCc1nnc(NCCNC(=O)c2cccc(Br)c2)nc1CC. The van der Waals surface area contributed by atoms with Crippen LogP contribution in [0.25, 0.3) is 0 Å². The Balaban J connectivity index is 1.82. The fourth-order valence-corrected chi connectivity index (χ4v) is 2.49. The summed E-state index contributed by atoms with van der Waals surface area (Å²) >= 11 is 3.35. The molecule has 23 heavy (non-hydrogen) atoms. The predicted octanol–water partition coefficient (Wildman–Crippen LogP) is 2.60. The summed E-state index contributed by atoms with van der Waals surface area (Å²) < 4.78 is 0.880. The molecule has 2 N–H and O–H groups in total. The third kappa shape index (κ3) is 4.99. The molecule has 2 aromatic rings. The number of carbonyl (C=O) groups excluding carboxylic acids is 1. The standard InChI is InChI=1S/C16H20BrN5O/c1-3-13-14(4-2)21-22-16(20-13)19-9-8-18-15(23)11-6-5-7-12(17)10-11/h5-7,10H,3-4,8-9H2,1-2H3,(H,18,23)(H,19,20,22). The number of anilines is 1. The van der Waals surface area contributed by atoms with Crippen LogP contribution >= 0.6 is 15.9 Å². The first-order chi connectivity index (χ1) is 11.1. The van der Waals surface area contributed by atoms with Crippen LogP contribution in [-0.2, 0) is 12.8 Å². The van der Waals surface area contributed by atoms with Gasteiger partial charge in [0, 0.05) is 23.1 Å². The molecule has 1 aromatic carbocycles. The average Bonchev–Trinajstić information content (AvgIpc) is 2.58. The monoisotopic (exact) mass is 377 g/mol. The minimum atomic E-state index is -0.109. The number of amides is 1. The Hall–Kier alpha value is -2.02. The van der Waals surface area contributed by atoms with Gasteiger partial charge in [-0.05, 0) is 31.0 Å². The lowest BCUT2D eigenvalue weighted by atomic mass is 10.2.